The second kappa shape index (κ2) is 9.07. The maximum atomic E-state index is 13.0. The number of anilines is 1. The molecule has 3 aromatic rings. The van der Waals surface area contributed by atoms with Gasteiger partial charge in [-0.1, -0.05) is 24.3 Å². The number of nitrogens with one attached hydrogen (secondary N) is 1. The Morgan fingerprint density at radius 2 is 1.77 bits per heavy atom. The molecule has 1 saturated carbocycles. The van der Waals surface area contributed by atoms with Gasteiger partial charge in [0.05, 0.1) is 23.4 Å². The van der Waals surface area contributed by atoms with Crippen molar-refractivity contribution in [2.24, 2.45) is 5.92 Å². The number of fused-ring (bicyclic) bond motifs is 1. The second-order valence-electron chi connectivity index (χ2n) is 10.4. The van der Waals surface area contributed by atoms with Gasteiger partial charge in [0.1, 0.15) is 5.82 Å². The van der Waals surface area contributed by atoms with Crippen LogP contribution in [0.25, 0.3) is 5.65 Å². The number of aryl methyl sites for hydroxylation is 1. The van der Waals surface area contributed by atoms with Crippen molar-refractivity contribution in [2.75, 3.05) is 18.0 Å². The number of piperidine rings is 1. The molecule has 8 nitrogen and oxygen atoms in total. The Morgan fingerprint density at radius 3 is 2.40 bits per heavy atom. The number of rotatable bonds is 7. The van der Waals surface area contributed by atoms with Crippen LogP contribution < -0.4 is 10.2 Å². The Bertz CT molecular complexity index is 1250. The molecule has 0 unspecified atom stereocenters. The van der Waals surface area contributed by atoms with Gasteiger partial charge in [-0.05, 0) is 52.0 Å². The maximum absolute atomic E-state index is 13.0. The van der Waals surface area contributed by atoms with Crippen LogP contribution in [0.3, 0.4) is 0 Å². The van der Waals surface area contributed by atoms with E-state index in [0.29, 0.717) is 11.3 Å². The molecule has 0 atom stereocenters. The van der Waals surface area contributed by atoms with Gasteiger partial charge in [-0.15, -0.1) is 0 Å². The molecule has 1 amide bonds. The quantitative estimate of drug-likeness (QED) is 0.509. The summed E-state index contributed by atoms with van der Waals surface area (Å²) in [6, 6.07) is 11.2. The van der Waals surface area contributed by atoms with Gasteiger partial charge >= 0.3 is 0 Å². The number of ketones is 1. The molecule has 1 aromatic carbocycles. The van der Waals surface area contributed by atoms with Crippen LogP contribution in [0, 0.1) is 12.8 Å². The fraction of sp³-hybridized carbons (Fsp3) is 0.481. The highest BCUT2D eigenvalue weighted by molar-refractivity contribution is 5.97. The zero-order valence-electron chi connectivity index (χ0n) is 20.6. The van der Waals surface area contributed by atoms with Crippen molar-refractivity contribution < 1.29 is 14.7 Å². The number of carbonyl (C=O) groups excluding carboxylic acids is 2. The van der Waals surface area contributed by atoms with E-state index in [9.17, 15) is 14.7 Å². The SMILES string of the molecule is Cc1cc2nc(CC(=O)c3ccc(C(C)(C)O)cc3)cc(N3CCC(NC(=O)C4CC4)CC3)n2n1. The van der Waals surface area contributed by atoms with E-state index in [0.717, 1.165) is 61.5 Å². The van der Waals surface area contributed by atoms with E-state index in [1.807, 2.05) is 23.6 Å². The molecule has 5 rings (SSSR count). The lowest BCUT2D eigenvalue weighted by atomic mass is 9.96. The summed E-state index contributed by atoms with van der Waals surface area (Å²) in [5.74, 6) is 1.34. The van der Waals surface area contributed by atoms with Crippen LogP contribution in [0.2, 0.25) is 0 Å². The lowest BCUT2D eigenvalue weighted by Crippen LogP contribution is -2.45. The van der Waals surface area contributed by atoms with Crippen molar-refractivity contribution in [1.82, 2.24) is 19.9 Å². The molecule has 0 spiro atoms. The molecule has 1 saturated heterocycles. The smallest absolute Gasteiger partial charge is 0.223 e. The molecule has 0 radical (unpaired) electrons. The molecule has 1 aliphatic carbocycles. The molecule has 8 heteroatoms. The van der Waals surface area contributed by atoms with Gasteiger partial charge in [-0.2, -0.15) is 9.61 Å². The van der Waals surface area contributed by atoms with Crippen LogP contribution in [-0.2, 0) is 16.8 Å². The number of hydrogen-bond donors (Lipinski definition) is 2. The van der Waals surface area contributed by atoms with E-state index in [2.05, 4.69) is 15.3 Å². The fourth-order valence-corrected chi connectivity index (χ4v) is 4.69. The highest BCUT2D eigenvalue weighted by Crippen LogP contribution is 2.30. The molecular weight excluding hydrogens is 442 g/mol. The Kier molecular flexibility index (Phi) is 6.09. The number of amides is 1. The third kappa shape index (κ3) is 5.22. The summed E-state index contributed by atoms with van der Waals surface area (Å²) in [7, 11) is 0. The van der Waals surface area contributed by atoms with Crippen molar-refractivity contribution >= 4 is 23.2 Å². The predicted molar refractivity (Wildman–Crippen MR) is 134 cm³/mol. The van der Waals surface area contributed by atoms with E-state index in [-0.39, 0.29) is 30.1 Å². The Hall–Kier alpha value is -3.26. The minimum Gasteiger partial charge on any atom is -0.386 e. The minimum absolute atomic E-state index is 0.0205. The lowest BCUT2D eigenvalue weighted by molar-refractivity contribution is -0.123. The van der Waals surface area contributed by atoms with Crippen LogP contribution in [0.1, 0.15) is 66.8 Å². The Balaban J connectivity index is 1.33. The van der Waals surface area contributed by atoms with Crippen molar-refractivity contribution in [2.45, 2.75) is 64.5 Å². The Morgan fingerprint density at radius 1 is 1.09 bits per heavy atom. The van der Waals surface area contributed by atoms with Gasteiger partial charge in [0, 0.05) is 42.7 Å². The number of aromatic nitrogens is 3. The molecule has 1 aliphatic heterocycles. The molecule has 184 valence electrons. The van der Waals surface area contributed by atoms with E-state index in [4.69, 9.17) is 4.98 Å². The standard InChI is InChI=1S/C27H33N5O3/c1-17-14-24-28-22(15-23(33)18-6-8-20(9-7-18)27(2,3)35)16-25(32(24)30-17)31-12-10-21(11-13-31)29-26(34)19-4-5-19/h6-9,14,16,19,21,35H,4-5,10-13,15H2,1-3H3,(H,29,34). The zero-order valence-corrected chi connectivity index (χ0v) is 20.6. The van der Waals surface area contributed by atoms with Gasteiger partial charge in [0.15, 0.2) is 11.4 Å². The molecule has 2 aliphatic rings. The number of aliphatic hydroxyl groups is 1. The third-order valence-corrected chi connectivity index (χ3v) is 6.95. The Labute approximate surface area is 205 Å². The average Bonchev–Trinajstić information content (AvgIpc) is 3.60. The molecule has 2 aromatic heterocycles. The van der Waals surface area contributed by atoms with Crippen molar-refractivity contribution in [3.63, 3.8) is 0 Å². The first-order valence-corrected chi connectivity index (χ1v) is 12.4. The summed E-state index contributed by atoms with van der Waals surface area (Å²) in [6.07, 6.45) is 3.98. The third-order valence-electron chi connectivity index (χ3n) is 6.95. The van der Waals surface area contributed by atoms with Crippen LogP contribution in [-0.4, -0.2) is 50.5 Å². The number of hydrogen-bond acceptors (Lipinski definition) is 6. The van der Waals surface area contributed by atoms with E-state index in [1.54, 1.807) is 38.1 Å². The van der Waals surface area contributed by atoms with Crippen LogP contribution >= 0.6 is 0 Å². The van der Waals surface area contributed by atoms with Crippen molar-refractivity contribution in [1.29, 1.82) is 0 Å². The molecule has 2 fully saturated rings. The van der Waals surface area contributed by atoms with Crippen LogP contribution in [0.5, 0.6) is 0 Å². The van der Waals surface area contributed by atoms with Crippen molar-refractivity contribution in [3.05, 3.63) is 58.9 Å². The van der Waals surface area contributed by atoms with Gasteiger partial charge in [0.25, 0.3) is 0 Å². The number of carbonyl (C=O) groups is 2. The number of nitrogens with zero attached hydrogens (tertiary/aromatic N) is 4. The summed E-state index contributed by atoms with van der Waals surface area (Å²) in [5, 5.41) is 18.0. The average molecular weight is 476 g/mol. The summed E-state index contributed by atoms with van der Waals surface area (Å²) < 4.78 is 1.85. The van der Waals surface area contributed by atoms with Crippen LogP contribution in [0.4, 0.5) is 5.82 Å². The van der Waals surface area contributed by atoms with E-state index in [1.165, 1.54) is 0 Å². The first-order valence-electron chi connectivity index (χ1n) is 12.4. The molecule has 0 bridgehead atoms. The molecule has 2 N–H and O–H groups in total. The van der Waals surface area contributed by atoms with Crippen molar-refractivity contribution in [3.8, 4) is 0 Å². The monoisotopic (exact) mass is 475 g/mol. The minimum atomic E-state index is -0.947. The number of benzene rings is 1. The molecule has 3 heterocycles. The van der Waals surface area contributed by atoms with E-state index >= 15 is 0 Å². The summed E-state index contributed by atoms with van der Waals surface area (Å²) in [4.78, 5) is 32.2. The van der Waals surface area contributed by atoms with Crippen LogP contribution in [0.15, 0.2) is 36.4 Å². The predicted octanol–water partition coefficient (Wildman–Crippen LogP) is 3.19. The molecular formula is C27H33N5O3. The highest BCUT2D eigenvalue weighted by Gasteiger charge is 2.32. The molecule has 35 heavy (non-hydrogen) atoms. The highest BCUT2D eigenvalue weighted by atomic mass is 16.3. The largest absolute Gasteiger partial charge is 0.386 e. The van der Waals surface area contributed by atoms with Gasteiger partial charge < -0.3 is 15.3 Å². The van der Waals surface area contributed by atoms with Gasteiger partial charge in [-0.25, -0.2) is 4.98 Å². The second-order valence-corrected chi connectivity index (χ2v) is 10.4. The first-order chi connectivity index (χ1) is 16.7. The van der Waals surface area contributed by atoms with Gasteiger partial charge in [-0.3, -0.25) is 9.59 Å². The number of Topliss-reactive ketones (excluding diaryl/α,β-unsaturated/α-hetero) is 1. The fourth-order valence-electron chi connectivity index (χ4n) is 4.69. The summed E-state index contributed by atoms with van der Waals surface area (Å²) in [5.41, 5.74) is 2.71. The zero-order chi connectivity index (χ0) is 24.7. The van der Waals surface area contributed by atoms with E-state index < -0.39 is 5.60 Å². The summed E-state index contributed by atoms with van der Waals surface area (Å²) >= 11 is 0. The topological polar surface area (TPSA) is 99.8 Å². The summed E-state index contributed by atoms with van der Waals surface area (Å²) in [6.45, 7) is 7.00. The first kappa shape index (κ1) is 23.5. The maximum Gasteiger partial charge on any atom is 0.223 e. The normalized spacial score (nSPS) is 17.1. The van der Waals surface area contributed by atoms with Gasteiger partial charge in [0.2, 0.25) is 5.91 Å². The lowest BCUT2D eigenvalue weighted by Gasteiger charge is -2.34.